The summed E-state index contributed by atoms with van der Waals surface area (Å²) >= 11 is 0. The fourth-order valence-corrected chi connectivity index (χ4v) is 1.11. The average Bonchev–Trinajstić information content (AvgIpc) is 2.34. The molecular weight excluding hydrogens is 156 g/mol. The first-order valence-electron chi connectivity index (χ1n) is 4.05. The Hall–Kier alpha value is -1.03. The average molecular weight is 170 g/mol. The molecule has 0 radical (unpaired) electrons. The van der Waals surface area contributed by atoms with Crippen LogP contribution in [0.4, 0.5) is 0 Å². The Bertz CT molecular complexity index is 287. The number of nitrogens with zero attached hydrogens (tertiary/aromatic N) is 1. The maximum absolute atomic E-state index is 11.2. The smallest absolute Gasteiger partial charge is 0.266 e. The molecule has 1 N–H and O–H groups in total. The summed E-state index contributed by atoms with van der Waals surface area (Å²) in [6, 6.07) is 1.57. The Morgan fingerprint density at radius 1 is 1.67 bits per heavy atom. The second-order valence-corrected chi connectivity index (χ2v) is 2.70. The molecule has 4 nitrogen and oxygen atoms in total. The third-order valence-electron chi connectivity index (χ3n) is 1.59. The van der Waals surface area contributed by atoms with Crippen molar-refractivity contribution in [1.29, 1.82) is 0 Å². The van der Waals surface area contributed by atoms with E-state index in [0.29, 0.717) is 6.61 Å². The lowest BCUT2D eigenvalue weighted by Crippen LogP contribution is -2.15. The normalized spacial score (nSPS) is 10.5. The molecule has 1 aromatic heterocycles. The quantitative estimate of drug-likeness (QED) is 0.724. The molecule has 0 aliphatic carbocycles. The van der Waals surface area contributed by atoms with Crippen molar-refractivity contribution in [1.82, 2.24) is 9.78 Å². The van der Waals surface area contributed by atoms with Crippen LogP contribution in [-0.4, -0.2) is 16.9 Å². The van der Waals surface area contributed by atoms with Gasteiger partial charge in [-0.1, -0.05) is 6.92 Å². The summed E-state index contributed by atoms with van der Waals surface area (Å²) in [5.74, 6) is 0. The fourth-order valence-electron chi connectivity index (χ4n) is 1.11. The van der Waals surface area contributed by atoms with Gasteiger partial charge in [0.05, 0.1) is 12.3 Å². The first kappa shape index (κ1) is 9.06. The lowest BCUT2D eigenvalue weighted by atomic mass is 10.5. The zero-order valence-electron chi connectivity index (χ0n) is 7.46. The van der Waals surface area contributed by atoms with Crippen LogP contribution in [0.25, 0.3) is 0 Å². The summed E-state index contributed by atoms with van der Waals surface area (Å²) in [4.78, 5) is 11.2. The van der Waals surface area contributed by atoms with E-state index in [4.69, 9.17) is 4.74 Å². The summed E-state index contributed by atoms with van der Waals surface area (Å²) < 4.78 is 6.48. The summed E-state index contributed by atoms with van der Waals surface area (Å²) in [6.07, 6.45) is 0.951. The van der Waals surface area contributed by atoms with Crippen molar-refractivity contribution in [2.24, 2.45) is 0 Å². The number of aromatic amines is 1. The summed E-state index contributed by atoms with van der Waals surface area (Å²) in [5, 5.41) is 2.96. The van der Waals surface area contributed by atoms with E-state index in [0.717, 1.165) is 18.7 Å². The van der Waals surface area contributed by atoms with Crippen molar-refractivity contribution in [2.75, 3.05) is 7.11 Å². The Morgan fingerprint density at radius 3 is 3.00 bits per heavy atom. The molecule has 0 fully saturated rings. The fraction of sp³-hybridized carbons (Fsp3) is 0.625. The van der Waals surface area contributed by atoms with Crippen LogP contribution in [0.15, 0.2) is 10.9 Å². The molecule has 0 atom stereocenters. The molecule has 0 amide bonds. The summed E-state index contributed by atoms with van der Waals surface area (Å²) in [7, 11) is 1.61. The van der Waals surface area contributed by atoms with Gasteiger partial charge in [0.1, 0.15) is 0 Å². The monoisotopic (exact) mass is 170 g/mol. The third-order valence-corrected chi connectivity index (χ3v) is 1.59. The SMILES string of the molecule is CCCn1[nH]c(COC)cc1=O. The zero-order valence-corrected chi connectivity index (χ0v) is 7.46. The molecule has 0 bridgehead atoms. The van der Waals surface area contributed by atoms with E-state index in [1.165, 1.54) is 0 Å². The minimum Gasteiger partial charge on any atom is -0.378 e. The molecule has 4 heteroatoms. The number of methoxy groups -OCH3 is 1. The van der Waals surface area contributed by atoms with Crippen LogP contribution in [0.1, 0.15) is 19.0 Å². The van der Waals surface area contributed by atoms with Gasteiger partial charge >= 0.3 is 0 Å². The minimum absolute atomic E-state index is 0.0175. The van der Waals surface area contributed by atoms with E-state index in [1.807, 2.05) is 6.92 Å². The molecule has 0 aliphatic heterocycles. The topological polar surface area (TPSA) is 47.0 Å². The maximum atomic E-state index is 11.2. The Labute approximate surface area is 71.1 Å². The van der Waals surface area contributed by atoms with Crippen molar-refractivity contribution < 1.29 is 4.74 Å². The highest BCUT2D eigenvalue weighted by molar-refractivity contribution is 4.97. The van der Waals surface area contributed by atoms with Crippen LogP contribution in [0, 0.1) is 0 Å². The third kappa shape index (κ3) is 1.98. The molecule has 0 spiro atoms. The van der Waals surface area contributed by atoms with E-state index >= 15 is 0 Å². The molecule has 0 aliphatic rings. The van der Waals surface area contributed by atoms with Gasteiger partial charge in [-0.2, -0.15) is 0 Å². The van der Waals surface area contributed by atoms with E-state index in [-0.39, 0.29) is 5.56 Å². The van der Waals surface area contributed by atoms with Crippen LogP contribution >= 0.6 is 0 Å². The minimum atomic E-state index is 0.0175. The predicted octanol–water partition coefficient (Wildman–Crippen LogP) is 0.733. The molecule has 0 aromatic carbocycles. The van der Waals surface area contributed by atoms with Gasteiger partial charge in [0.15, 0.2) is 0 Å². The first-order valence-corrected chi connectivity index (χ1v) is 4.05. The molecular formula is C8H14N2O2. The van der Waals surface area contributed by atoms with Gasteiger partial charge in [-0.15, -0.1) is 0 Å². The zero-order chi connectivity index (χ0) is 8.97. The molecule has 1 heterocycles. The molecule has 68 valence electrons. The van der Waals surface area contributed by atoms with Crippen LogP contribution in [0.5, 0.6) is 0 Å². The van der Waals surface area contributed by atoms with Crippen LogP contribution in [0.2, 0.25) is 0 Å². The predicted molar refractivity (Wildman–Crippen MR) is 46.1 cm³/mol. The number of hydrogen-bond donors (Lipinski definition) is 1. The standard InChI is InChI=1S/C8H14N2O2/c1-3-4-10-8(11)5-7(9-10)6-12-2/h5,9H,3-4,6H2,1-2H3. The number of hydrogen-bond acceptors (Lipinski definition) is 2. The molecule has 0 saturated heterocycles. The van der Waals surface area contributed by atoms with Crippen molar-refractivity contribution in [3.05, 3.63) is 22.1 Å². The molecule has 1 rings (SSSR count). The number of aryl methyl sites for hydroxylation is 1. The Kier molecular flexibility index (Phi) is 3.10. The van der Waals surface area contributed by atoms with E-state index in [9.17, 15) is 4.79 Å². The summed E-state index contributed by atoms with van der Waals surface area (Å²) in [5.41, 5.74) is 0.847. The van der Waals surface area contributed by atoms with E-state index in [2.05, 4.69) is 5.10 Å². The van der Waals surface area contributed by atoms with Crippen LogP contribution < -0.4 is 5.56 Å². The van der Waals surface area contributed by atoms with Crippen molar-refractivity contribution in [3.8, 4) is 0 Å². The highest BCUT2D eigenvalue weighted by Gasteiger charge is 2.00. The van der Waals surface area contributed by atoms with Gasteiger partial charge < -0.3 is 4.74 Å². The number of rotatable bonds is 4. The van der Waals surface area contributed by atoms with Crippen molar-refractivity contribution in [3.63, 3.8) is 0 Å². The second kappa shape index (κ2) is 4.11. The van der Waals surface area contributed by atoms with Gasteiger partial charge in [-0.3, -0.25) is 14.6 Å². The van der Waals surface area contributed by atoms with Gasteiger partial charge in [0.25, 0.3) is 5.56 Å². The van der Waals surface area contributed by atoms with E-state index < -0.39 is 0 Å². The maximum Gasteiger partial charge on any atom is 0.266 e. The molecule has 1 aromatic rings. The van der Waals surface area contributed by atoms with Crippen molar-refractivity contribution >= 4 is 0 Å². The van der Waals surface area contributed by atoms with Gasteiger partial charge in [0, 0.05) is 19.7 Å². The summed E-state index contributed by atoms with van der Waals surface area (Å²) in [6.45, 7) is 3.23. The number of nitrogens with one attached hydrogen (secondary N) is 1. The second-order valence-electron chi connectivity index (χ2n) is 2.70. The van der Waals surface area contributed by atoms with Crippen LogP contribution in [-0.2, 0) is 17.9 Å². The Balaban J connectivity index is 2.78. The van der Waals surface area contributed by atoms with Crippen molar-refractivity contribution in [2.45, 2.75) is 26.5 Å². The highest BCUT2D eigenvalue weighted by atomic mass is 16.5. The Morgan fingerprint density at radius 2 is 2.42 bits per heavy atom. The van der Waals surface area contributed by atoms with E-state index in [1.54, 1.807) is 17.9 Å². The number of H-pyrrole nitrogens is 1. The molecule has 12 heavy (non-hydrogen) atoms. The van der Waals surface area contributed by atoms with Gasteiger partial charge in [-0.25, -0.2) is 0 Å². The van der Waals surface area contributed by atoms with Gasteiger partial charge in [-0.05, 0) is 6.42 Å². The molecule has 0 saturated carbocycles. The lowest BCUT2D eigenvalue weighted by molar-refractivity contribution is 0.180. The number of ether oxygens (including phenoxy) is 1. The number of aromatic nitrogens is 2. The highest BCUT2D eigenvalue weighted by Crippen LogP contribution is 1.92. The van der Waals surface area contributed by atoms with Crippen LogP contribution in [0.3, 0.4) is 0 Å². The first-order chi connectivity index (χ1) is 5.77. The molecule has 0 unspecified atom stereocenters. The van der Waals surface area contributed by atoms with Gasteiger partial charge in [0.2, 0.25) is 0 Å². The largest absolute Gasteiger partial charge is 0.378 e. The lowest BCUT2D eigenvalue weighted by Gasteiger charge is -1.97.